The van der Waals surface area contributed by atoms with Gasteiger partial charge in [0.15, 0.2) is 0 Å². The highest BCUT2D eigenvalue weighted by atomic mass is 15.1. The van der Waals surface area contributed by atoms with E-state index in [4.69, 9.17) is 0 Å². The van der Waals surface area contributed by atoms with E-state index in [0.29, 0.717) is 0 Å². The molecule has 0 radical (unpaired) electrons. The van der Waals surface area contributed by atoms with Crippen LogP contribution in [0.3, 0.4) is 0 Å². The van der Waals surface area contributed by atoms with Gasteiger partial charge in [0.1, 0.15) is 12.4 Å². The minimum Gasteiger partial charge on any atom is -0.240 e. The van der Waals surface area contributed by atoms with Crippen LogP contribution in [0.1, 0.15) is 119 Å². The molecule has 244 valence electrons. The predicted molar refractivity (Wildman–Crippen MR) is 200 cm³/mol. The Hall–Kier alpha value is -3.07. The predicted octanol–water partition coefficient (Wildman–Crippen LogP) is 8.96. The van der Waals surface area contributed by atoms with Crippen LogP contribution in [0, 0.1) is 0 Å². The lowest BCUT2D eigenvalue weighted by molar-refractivity contribution is -0.671. The standard InChI is InChI=1S/C34H48B.C8H15N2/c1-11-12-25-35(29-19-13-26(14-20-29)32(2,3)4,30-21-15-27(16-22-30)33(5,6)7)31-23-17-28(18-24-31)34(8,9)10;1-3-4-5-10-7-6-9(2)8-10/h13-24H,11-12,25H2,1-10H3;6-8H,3-5H2,1-2H3/q-1;+1. The average molecular weight is 607 g/mol. The van der Waals surface area contributed by atoms with Crippen LogP contribution >= 0.6 is 0 Å². The molecule has 0 aliphatic heterocycles. The lowest BCUT2D eigenvalue weighted by Gasteiger charge is -2.44. The number of aryl methyl sites for hydroxylation is 2. The van der Waals surface area contributed by atoms with Gasteiger partial charge in [0, 0.05) is 0 Å². The molecule has 0 unspecified atom stereocenters. The summed E-state index contributed by atoms with van der Waals surface area (Å²) in [6.07, 6.45) is 11.3. The molecule has 0 fully saturated rings. The highest BCUT2D eigenvalue weighted by Crippen LogP contribution is 2.26. The SMILES string of the molecule is CCCC[B-](c1ccc(C(C)(C)C)cc1)(c1ccc(C(C)(C)C)cc1)c1ccc(C(C)(C)C)cc1.CCCCn1cc[n+](C)c1. The molecule has 0 spiro atoms. The van der Waals surface area contributed by atoms with Crippen LogP contribution in [0.4, 0.5) is 0 Å². The largest absolute Gasteiger partial charge is 0.243 e. The van der Waals surface area contributed by atoms with Gasteiger partial charge in [-0.15, -0.1) is 0 Å². The molecule has 1 aromatic heterocycles. The second-order valence-corrected chi connectivity index (χ2v) is 16.5. The van der Waals surface area contributed by atoms with Crippen molar-refractivity contribution in [3.8, 4) is 0 Å². The summed E-state index contributed by atoms with van der Waals surface area (Å²) < 4.78 is 4.28. The Kier molecular flexibility index (Phi) is 12.1. The fraction of sp³-hybridized carbons (Fsp3) is 0.500. The summed E-state index contributed by atoms with van der Waals surface area (Å²) in [4.78, 5) is 0. The average Bonchev–Trinajstić information content (AvgIpc) is 3.41. The minimum absolute atomic E-state index is 0.153. The third-order valence-electron chi connectivity index (χ3n) is 9.62. The van der Waals surface area contributed by atoms with Crippen LogP contribution < -0.4 is 21.0 Å². The van der Waals surface area contributed by atoms with E-state index in [9.17, 15) is 0 Å². The first kappa shape index (κ1) is 36.4. The van der Waals surface area contributed by atoms with Crippen molar-refractivity contribution in [3.63, 3.8) is 0 Å². The number of benzene rings is 3. The van der Waals surface area contributed by atoms with Crippen LogP contribution in [0.5, 0.6) is 0 Å². The molecule has 0 atom stereocenters. The van der Waals surface area contributed by atoms with E-state index in [1.165, 1.54) is 58.8 Å². The zero-order valence-corrected chi connectivity index (χ0v) is 30.9. The Bertz CT molecular complexity index is 1300. The summed E-state index contributed by atoms with van der Waals surface area (Å²) in [5, 5.41) is 0. The second kappa shape index (κ2) is 15.0. The molecule has 0 N–H and O–H groups in total. The molecule has 3 heteroatoms. The van der Waals surface area contributed by atoms with Crippen LogP contribution in [-0.2, 0) is 29.8 Å². The second-order valence-electron chi connectivity index (χ2n) is 16.5. The molecule has 1 heterocycles. The number of unbranched alkanes of at least 4 members (excludes halogenated alkanes) is 2. The van der Waals surface area contributed by atoms with E-state index in [0.717, 1.165) is 12.9 Å². The first-order valence-corrected chi connectivity index (χ1v) is 17.5. The Balaban J connectivity index is 0.000000468. The molecule has 0 aliphatic rings. The van der Waals surface area contributed by atoms with E-state index in [1.54, 1.807) is 0 Å². The van der Waals surface area contributed by atoms with Crippen molar-refractivity contribution in [2.45, 2.75) is 131 Å². The molecule has 0 saturated carbocycles. The molecular weight excluding hydrogens is 543 g/mol. The van der Waals surface area contributed by atoms with Gasteiger partial charge in [-0.2, -0.15) is 22.7 Å². The zero-order valence-electron chi connectivity index (χ0n) is 30.9. The number of rotatable bonds is 9. The summed E-state index contributed by atoms with van der Waals surface area (Å²) in [6, 6.07) is 28.7. The molecule has 0 amide bonds. The summed E-state index contributed by atoms with van der Waals surface area (Å²) >= 11 is 0. The van der Waals surface area contributed by atoms with Gasteiger partial charge in [-0.3, -0.25) is 0 Å². The zero-order chi connectivity index (χ0) is 33.5. The maximum absolute atomic E-state index is 2.42. The smallest absolute Gasteiger partial charge is 0.240 e. The van der Waals surface area contributed by atoms with Gasteiger partial charge in [0.2, 0.25) is 6.33 Å². The van der Waals surface area contributed by atoms with Gasteiger partial charge in [-0.05, 0) is 39.4 Å². The van der Waals surface area contributed by atoms with E-state index >= 15 is 0 Å². The first-order valence-electron chi connectivity index (χ1n) is 17.5. The van der Waals surface area contributed by atoms with Gasteiger partial charge in [-0.1, -0.05) is 168 Å². The highest BCUT2D eigenvalue weighted by molar-refractivity contribution is 7.11. The number of imidazole rings is 1. The molecular formula is C42H63BN2. The van der Waals surface area contributed by atoms with Crippen molar-refractivity contribution >= 4 is 22.5 Å². The van der Waals surface area contributed by atoms with Crippen molar-refractivity contribution < 1.29 is 4.57 Å². The fourth-order valence-corrected chi connectivity index (χ4v) is 6.50. The van der Waals surface area contributed by atoms with E-state index in [-0.39, 0.29) is 16.2 Å². The van der Waals surface area contributed by atoms with Gasteiger partial charge in [0.25, 0.3) is 0 Å². The van der Waals surface area contributed by atoms with Crippen molar-refractivity contribution in [1.82, 2.24) is 4.57 Å². The van der Waals surface area contributed by atoms with Crippen molar-refractivity contribution in [1.29, 1.82) is 0 Å². The summed E-state index contributed by atoms with van der Waals surface area (Å²) in [6.45, 7) is 26.4. The highest BCUT2D eigenvalue weighted by Gasteiger charge is 2.30. The van der Waals surface area contributed by atoms with Crippen LogP contribution in [-0.4, -0.2) is 10.7 Å². The summed E-state index contributed by atoms with van der Waals surface area (Å²) in [5.74, 6) is 0. The Morgan fingerprint density at radius 1 is 0.556 bits per heavy atom. The van der Waals surface area contributed by atoms with E-state index in [2.05, 4.69) is 177 Å². The molecule has 4 aromatic rings. The first-order chi connectivity index (χ1) is 21.0. The number of hydrogen-bond donors (Lipinski definition) is 0. The van der Waals surface area contributed by atoms with Crippen LogP contribution in [0.15, 0.2) is 91.5 Å². The number of hydrogen-bond acceptors (Lipinski definition) is 0. The van der Waals surface area contributed by atoms with E-state index < -0.39 is 6.15 Å². The summed E-state index contributed by atoms with van der Waals surface area (Å²) in [5.41, 5.74) is 9.02. The van der Waals surface area contributed by atoms with Gasteiger partial charge in [-0.25, -0.2) is 9.13 Å². The van der Waals surface area contributed by atoms with Crippen LogP contribution in [0.2, 0.25) is 6.32 Å². The molecule has 4 rings (SSSR count). The molecule has 2 nitrogen and oxygen atoms in total. The lowest BCUT2D eigenvalue weighted by atomic mass is 9.14. The van der Waals surface area contributed by atoms with Gasteiger partial charge < -0.3 is 0 Å². The van der Waals surface area contributed by atoms with Crippen molar-refractivity contribution in [2.75, 3.05) is 0 Å². The molecule has 3 aromatic carbocycles. The van der Waals surface area contributed by atoms with Crippen LogP contribution in [0.25, 0.3) is 0 Å². The molecule has 45 heavy (non-hydrogen) atoms. The van der Waals surface area contributed by atoms with Crippen molar-refractivity contribution in [2.24, 2.45) is 7.05 Å². The molecule has 0 bridgehead atoms. The quantitative estimate of drug-likeness (QED) is 0.133. The summed E-state index contributed by atoms with van der Waals surface area (Å²) in [7, 11) is 2.04. The molecule has 0 saturated heterocycles. The van der Waals surface area contributed by atoms with E-state index in [1.807, 2.05) is 7.05 Å². The van der Waals surface area contributed by atoms with Crippen molar-refractivity contribution in [3.05, 3.63) is 108 Å². The Labute approximate surface area is 277 Å². The third kappa shape index (κ3) is 9.47. The fourth-order valence-electron chi connectivity index (χ4n) is 6.50. The normalized spacial score (nSPS) is 12.5. The maximum atomic E-state index is 2.42. The lowest BCUT2D eigenvalue weighted by Crippen LogP contribution is -2.67. The molecule has 0 aliphatic carbocycles. The maximum Gasteiger partial charge on any atom is 0.243 e. The van der Waals surface area contributed by atoms with Gasteiger partial charge in [0.05, 0.1) is 19.7 Å². The topological polar surface area (TPSA) is 8.81 Å². The Morgan fingerprint density at radius 3 is 1.18 bits per heavy atom. The number of nitrogens with zero attached hydrogens (tertiary/aromatic N) is 2. The number of aromatic nitrogens is 2. The third-order valence-corrected chi connectivity index (χ3v) is 9.62. The van der Waals surface area contributed by atoms with Gasteiger partial charge >= 0.3 is 0 Å². The monoisotopic (exact) mass is 607 g/mol. The minimum atomic E-state index is -1.08. The Morgan fingerprint density at radius 2 is 0.911 bits per heavy atom.